The molecule has 0 fully saturated rings. The molecular weight excluding hydrogens is 221 g/mol. The summed E-state index contributed by atoms with van der Waals surface area (Å²) in [5.41, 5.74) is 0. The zero-order chi connectivity index (χ0) is 9.40. The van der Waals surface area contributed by atoms with Gasteiger partial charge in [-0.2, -0.15) is 0 Å². The second-order valence-electron chi connectivity index (χ2n) is 1.77. The molecule has 0 unspecified atom stereocenters. The van der Waals surface area contributed by atoms with Gasteiger partial charge >= 0.3 is 54.9 Å². The summed E-state index contributed by atoms with van der Waals surface area (Å²) in [4.78, 5) is 22.8. The molecule has 1 rings (SSSR count). The van der Waals surface area contributed by atoms with Gasteiger partial charge in [0.25, 0.3) is 0 Å². The Morgan fingerprint density at radius 3 is 1.67 bits per heavy atom. The van der Waals surface area contributed by atoms with Gasteiger partial charge in [0.2, 0.25) is 0 Å². The Bertz CT molecular complexity index is 204. The van der Waals surface area contributed by atoms with Crippen LogP contribution in [0.15, 0.2) is 23.1 Å². The quantitative estimate of drug-likeness (QED) is 0.432. The summed E-state index contributed by atoms with van der Waals surface area (Å²) in [7, 11) is 0. The molecule has 1 aliphatic heterocycles. The second kappa shape index (κ2) is 6.54. The van der Waals surface area contributed by atoms with Crippen LogP contribution in [0.1, 0.15) is 0 Å². The van der Waals surface area contributed by atoms with Crippen LogP contribution in [0.4, 0.5) is 0 Å². The van der Waals surface area contributed by atoms with Gasteiger partial charge in [0.15, 0.2) is 0 Å². The molecule has 0 amide bonds. The molecule has 5 heteroatoms. The van der Waals surface area contributed by atoms with Crippen molar-refractivity contribution in [2.45, 2.75) is 0 Å². The molecule has 0 aliphatic carbocycles. The van der Waals surface area contributed by atoms with Crippen LogP contribution in [0.25, 0.3) is 0 Å². The van der Waals surface area contributed by atoms with E-state index in [2.05, 4.69) is 28.0 Å². The van der Waals surface area contributed by atoms with Gasteiger partial charge in [0.05, 0.1) is 0 Å². The standard InChI is InChI=1S/C5H6Ge.C2H2O4/c1-2-4-6-5-3-1;3-1(4)2(5)6/h1-6H;(H,3,4)(H,5,6). The van der Waals surface area contributed by atoms with E-state index in [1.165, 1.54) is 0 Å². The fourth-order valence-corrected chi connectivity index (χ4v) is 1.73. The van der Waals surface area contributed by atoms with Gasteiger partial charge in [0.1, 0.15) is 0 Å². The number of aliphatic carboxylic acids is 2. The molecule has 0 aromatic rings. The van der Waals surface area contributed by atoms with Gasteiger partial charge in [-0.1, -0.05) is 0 Å². The first-order valence-electron chi connectivity index (χ1n) is 3.11. The average Bonchev–Trinajstić information content (AvgIpc) is 2.08. The van der Waals surface area contributed by atoms with Crippen LogP contribution in [0.3, 0.4) is 0 Å². The van der Waals surface area contributed by atoms with E-state index in [9.17, 15) is 0 Å². The van der Waals surface area contributed by atoms with Gasteiger partial charge < -0.3 is 10.2 Å². The molecule has 0 saturated heterocycles. The fourth-order valence-electron chi connectivity index (χ4n) is 0.385. The Hall–Kier alpha value is -1.17. The average molecular weight is 229 g/mol. The molecule has 64 valence electrons. The normalized spacial score (nSPS) is 11.7. The van der Waals surface area contributed by atoms with Gasteiger partial charge in [0, 0.05) is 0 Å². The number of rotatable bonds is 0. The van der Waals surface area contributed by atoms with E-state index in [-0.39, 0.29) is 15.0 Å². The van der Waals surface area contributed by atoms with E-state index in [0.717, 1.165) is 0 Å². The number of allylic oxidation sites excluding steroid dienone is 3. The first kappa shape index (κ1) is 10.8. The molecule has 0 aromatic heterocycles. The van der Waals surface area contributed by atoms with Gasteiger partial charge in [-0.3, -0.25) is 0 Å². The molecule has 2 N–H and O–H groups in total. The molecule has 0 aromatic carbocycles. The summed E-state index contributed by atoms with van der Waals surface area (Å²) in [5.74, 6) is -3.65. The third kappa shape index (κ3) is 6.95. The summed E-state index contributed by atoms with van der Waals surface area (Å²) in [6, 6.07) is 0. The van der Waals surface area contributed by atoms with Crippen molar-refractivity contribution in [3.05, 3.63) is 23.1 Å². The summed E-state index contributed by atoms with van der Waals surface area (Å²) in [5, 5.41) is 14.8. The van der Waals surface area contributed by atoms with Crippen molar-refractivity contribution in [2.24, 2.45) is 0 Å². The number of carboxylic acid groups (broad SMARTS) is 2. The number of hydrogen-bond acceptors (Lipinski definition) is 2. The molecule has 0 radical (unpaired) electrons. The summed E-state index contributed by atoms with van der Waals surface area (Å²) < 4.78 is 0. The first-order valence-corrected chi connectivity index (χ1v) is 5.90. The molecule has 1 heterocycles. The smallest absolute Gasteiger partial charge is 0.414 e. The third-order valence-electron chi connectivity index (χ3n) is 0.850. The van der Waals surface area contributed by atoms with E-state index in [4.69, 9.17) is 19.8 Å². The van der Waals surface area contributed by atoms with Crippen molar-refractivity contribution < 1.29 is 19.8 Å². The minimum absolute atomic E-state index is 0.00781. The van der Waals surface area contributed by atoms with Crippen molar-refractivity contribution in [1.82, 2.24) is 0 Å². The van der Waals surface area contributed by atoms with Crippen LogP contribution in [-0.2, 0) is 9.59 Å². The van der Waals surface area contributed by atoms with Crippen LogP contribution in [0.2, 0.25) is 0 Å². The van der Waals surface area contributed by atoms with Gasteiger partial charge in [-0.05, 0) is 0 Å². The van der Waals surface area contributed by atoms with E-state index < -0.39 is 11.9 Å². The fraction of sp³-hybridized carbons (Fsp3) is 0. The first-order chi connectivity index (χ1) is 5.64. The van der Waals surface area contributed by atoms with Crippen molar-refractivity contribution in [3.8, 4) is 0 Å². The van der Waals surface area contributed by atoms with E-state index in [1.807, 2.05) is 0 Å². The molecule has 0 saturated carbocycles. The van der Waals surface area contributed by atoms with E-state index in [1.54, 1.807) is 0 Å². The molecule has 1 aliphatic rings. The zero-order valence-electron chi connectivity index (χ0n) is 6.18. The van der Waals surface area contributed by atoms with Crippen molar-refractivity contribution in [3.63, 3.8) is 0 Å². The van der Waals surface area contributed by atoms with Gasteiger partial charge in [-0.15, -0.1) is 0 Å². The van der Waals surface area contributed by atoms with Gasteiger partial charge in [-0.25, -0.2) is 9.59 Å². The SMILES string of the molecule is C1=C[CH]=[GeH][CH]=C1.O=C(O)C(=O)O. The molecule has 12 heavy (non-hydrogen) atoms. The summed E-state index contributed by atoms with van der Waals surface area (Å²) in [6.45, 7) is 0. The topological polar surface area (TPSA) is 74.6 Å². The third-order valence-corrected chi connectivity index (χ3v) is 2.71. The molecule has 0 bridgehead atoms. The van der Waals surface area contributed by atoms with Crippen molar-refractivity contribution in [2.75, 3.05) is 0 Å². The van der Waals surface area contributed by atoms with E-state index >= 15 is 0 Å². The van der Waals surface area contributed by atoms with Crippen molar-refractivity contribution in [1.29, 1.82) is 0 Å². The Morgan fingerprint density at radius 2 is 1.58 bits per heavy atom. The number of hydrogen-bond donors (Lipinski definition) is 2. The van der Waals surface area contributed by atoms with Crippen LogP contribution >= 0.6 is 0 Å². The Balaban J connectivity index is 0.000000202. The second-order valence-corrected chi connectivity index (χ2v) is 4.19. The maximum atomic E-state index is 9.10. The van der Waals surface area contributed by atoms with Crippen LogP contribution in [0.5, 0.6) is 0 Å². The summed E-state index contributed by atoms with van der Waals surface area (Å²) >= 11 is -0.00781. The molecular formula is C7H8GeO4. The van der Waals surface area contributed by atoms with Crippen LogP contribution < -0.4 is 0 Å². The number of carboxylic acids is 2. The Labute approximate surface area is 75.2 Å². The van der Waals surface area contributed by atoms with Crippen LogP contribution in [-0.4, -0.2) is 42.0 Å². The zero-order valence-corrected chi connectivity index (χ0v) is 8.60. The maximum Gasteiger partial charge on any atom is 0.414 e. The molecule has 4 nitrogen and oxygen atoms in total. The predicted octanol–water partition coefficient (Wildman–Crippen LogP) is -0.536. The Morgan fingerprint density at radius 1 is 1.00 bits per heavy atom. The predicted molar refractivity (Wildman–Crippen MR) is 46.8 cm³/mol. The number of carbonyl (C=O) groups is 2. The van der Waals surface area contributed by atoms with Crippen LogP contribution in [0, 0.1) is 0 Å². The van der Waals surface area contributed by atoms with E-state index in [0.29, 0.717) is 0 Å². The molecule has 0 spiro atoms. The minimum Gasteiger partial charge on any atom is -0.473 e. The maximum absolute atomic E-state index is 9.10. The molecule has 0 atom stereocenters. The van der Waals surface area contributed by atoms with Crippen molar-refractivity contribution >= 4 is 31.8 Å². The minimum atomic E-state index is -1.82. The summed E-state index contributed by atoms with van der Waals surface area (Å²) in [6.07, 6.45) is 6.32. The monoisotopic (exact) mass is 230 g/mol. The Kier molecular flexibility index (Phi) is 5.90. The largest absolute Gasteiger partial charge is 0.473 e.